The second-order valence-corrected chi connectivity index (χ2v) is 16.3. The van der Waals surface area contributed by atoms with E-state index in [0.717, 1.165) is 53.4 Å². The number of imidazole rings is 1. The molecule has 3 aromatic heterocycles. The Morgan fingerprint density at radius 1 is 0.891 bits per heavy atom. The van der Waals surface area contributed by atoms with Crippen LogP contribution >= 0.6 is 0 Å². The van der Waals surface area contributed by atoms with E-state index in [0.29, 0.717) is 56.4 Å². The Morgan fingerprint density at radius 2 is 1.69 bits per heavy atom. The quantitative estimate of drug-likeness (QED) is 0.102. The van der Waals surface area contributed by atoms with E-state index in [2.05, 4.69) is 45.4 Å². The van der Waals surface area contributed by atoms with Crippen LogP contribution in [0.4, 0.5) is 5.82 Å². The van der Waals surface area contributed by atoms with Crippen LogP contribution in [-0.4, -0.2) is 133 Å². The van der Waals surface area contributed by atoms with Gasteiger partial charge in [-0.2, -0.15) is 0 Å². The molecular formula is C45H47N11O8. The highest BCUT2D eigenvalue weighted by molar-refractivity contribution is 6.24. The smallest absolute Gasteiger partial charge is 0.270 e. The summed E-state index contributed by atoms with van der Waals surface area (Å²) in [7, 11) is 0. The maximum absolute atomic E-state index is 13.4. The molecule has 3 aliphatic heterocycles. The van der Waals surface area contributed by atoms with E-state index in [9.17, 15) is 28.8 Å². The largest absolute Gasteiger partial charge is 0.494 e. The van der Waals surface area contributed by atoms with Crippen LogP contribution < -0.4 is 25.4 Å². The van der Waals surface area contributed by atoms with Gasteiger partial charge in [-0.15, -0.1) is 0 Å². The van der Waals surface area contributed by atoms with Crippen molar-refractivity contribution in [2.75, 3.05) is 51.3 Å². The third-order valence-corrected chi connectivity index (χ3v) is 12.1. The van der Waals surface area contributed by atoms with Crippen LogP contribution in [0.25, 0.3) is 11.2 Å². The first kappa shape index (κ1) is 42.0. The number of piperidine rings is 1. The maximum atomic E-state index is 13.4. The van der Waals surface area contributed by atoms with Gasteiger partial charge in [0.15, 0.2) is 18.1 Å². The molecule has 2 aromatic carbocycles. The molecule has 1 aliphatic carbocycles. The van der Waals surface area contributed by atoms with Crippen molar-refractivity contribution in [3.8, 4) is 11.5 Å². The van der Waals surface area contributed by atoms with Crippen LogP contribution in [0, 0.1) is 6.92 Å². The number of rotatable bonds is 15. The number of aryl methyl sites for hydroxylation is 1. The first-order valence-electron chi connectivity index (χ1n) is 21.4. The Balaban J connectivity index is 0.674. The van der Waals surface area contributed by atoms with Crippen molar-refractivity contribution in [2.24, 2.45) is 0 Å². The number of aromatic nitrogens is 5. The molecule has 4 aliphatic rings. The fourth-order valence-corrected chi connectivity index (χ4v) is 8.53. The number of fused-ring (bicyclic) bond motifs is 2. The van der Waals surface area contributed by atoms with Gasteiger partial charge >= 0.3 is 0 Å². The van der Waals surface area contributed by atoms with Gasteiger partial charge in [0.1, 0.15) is 35.1 Å². The molecule has 19 heteroatoms. The number of imide groups is 2. The molecule has 1 atom stereocenters. The number of piperazine rings is 1. The molecule has 19 nitrogen and oxygen atoms in total. The molecule has 3 fully saturated rings. The Labute approximate surface area is 367 Å². The second-order valence-electron chi connectivity index (χ2n) is 16.3. The van der Waals surface area contributed by atoms with Gasteiger partial charge in [-0.05, 0) is 74.6 Å². The zero-order valence-electron chi connectivity index (χ0n) is 35.2. The van der Waals surface area contributed by atoms with Crippen LogP contribution in [0.15, 0.2) is 73.3 Å². The van der Waals surface area contributed by atoms with E-state index >= 15 is 0 Å². The van der Waals surface area contributed by atoms with Crippen molar-refractivity contribution in [3.63, 3.8) is 0 Å². The summed E-state index contributed by atoms with van der Waals surface area (Å²) < 4.78 is 13.9. The Bertz CT molecular complexity index is 2620. The second kappa shape index (κ2) is 18.2. The molecule has 6 heterocycles. The van der Waals surface area contributed by atoms with E-state index < -0.39 is 29.7 Å². The van der Waals surface area contributed by atoms with Gasteiger partial charge in [0.25, 0.3) is 23.6 Å². The van der Waals surface area contributed by atoms with Gasteiger partial charge in [-0.25, -0.2) is 19.9 Å². The molecule has 3 N–H and O–H groups in total. The van der Waals surface area contributed by atoms with Gasteiger partial charge in [0.2, 0.25) is 11.8 Å². The van der Waals surface area contributed by atoms with Crippen LogP contribution in [0.3, 0.4) is 0 Å². The van der Waals surface area contributed by atoms with E-state index in [-0.39, 0.29) is 60.2 Å². The lowest BCUT2D eigenvalue weighted by Gasteiger charge is -2.36. The fourth-order valence-electron chi connectivity index (χ4n) is 8.53. The highest BCUT2D eigenvalue weighted by Gasteiger charge is 2.46. The zero-order valence-corrected chi connectivity index (χ0v) is 35.2. The standard InChI is InChI=1S/C45H47N11O8/c1-27-5-2-7-33(50-27)42(59)51-29-21-30(22-29)55-26-49-39-40(47-25-48-41(39)55)46-23-28-9-11-31(12-10-28)63-20-4-15-53-16-18-54(19-17-53)37(58)24-64-35-8-3-6-32-38(35)45(62)56(44(32)61)34-13-14-36(57)52-43(34)60/h2-3,5-12,25-26,29-30,34H,4,13-24H2,1H3,(H,51,59)(H,46,47,48)(H,52,57,60). The van der Waals surface area contributed by atoms with Gasteiger partial charge in [-0.3, -0.25) is 43.9 Å². The van der Waals surface area contributed by atoms with Crippen LogP contribution in [0.5, 0.6) is 11.5 Å². The van der Waals surface area contributed by atoms with Crippen molar-refractivity contribution < 1.29 is 38.2 Å². The van der Waals surface area contributed by atoms with E-state index in [4.69, 9.17) is 9.47 Å². The number of anilines is 1. The van der Waals surface area contributed by atoms with Gasteiger partial charge in [-0.1, -0.05) is 24.3 Å². The normalized spacial score (nSPS) is 19.9. The molecule has 330 valence electrons. The van der Waals surface area contributed by atoms with Gasteiger partial charge in [0, 0.05) is 63.5 Å². The Kier molecular flexibility index (Phi) is 12.0. The molecule has 2 saturated heterocycles. The summed E-state index contributed by atoms with van der Waals surface area (Å²) >= 11 is 0. The van der Waals surface area contributed by atoms with Crippen molar-refractivity contribution >= 4 is 52.4 Å². The average molecular weight is 870 g/mol. The average Bonchev–Trinajstić information content (AvgIpc) is 3.83. The lowest BCUT2D eigenvalue weighted by atomic mass is 9.86. The minimum absolute atomic E-state index is 0.0105. The van der Waals surface area contributed by atoms with E-state index in [1.54, 1.807) is 23.4 Å². The maximum Gasteiger partial charge on any atom is 0.270 e. The lowest BCUT2D eigenvalue weighted by molar-refractivity contribution is -0.136. The molecule has 0 bridgehead atoms. The number of pyridine rings is 1. The summed E-state index contributed by atoms with van der Waals surface area (Å²) in [6.07, 6.45) is 5.74. The minimum Gasteiger partial charge on any atom is -0.494 e. The zero-order chi connectivity index (χ0) is 44.3. The number of hydrogen-bond donors (Lipinski definition) is 3. The number of carbonyl (C=O) groups is 6. The highest BCUT2D eigenvalue weighted by atomic mass is 16.5. The molecule has 9 rings (SSSR count). The number of nitrogens with one attached hydrogen (secondary N) is 3. The van der Waals surface area contributed by atoms with Crippen molar-refractivity contribution in [2.45, 2.75) is 63.7 Å². The summed E-state index contributed by atoms with van der Waals surface area (Å²) in [5.41, 5.74) is 3.80. The Hall–Kier alpha value is -7.28. The molecular weight excluding hydrogens is 823 g/mol. The van der Waals surface area contributed by atoms with Gasteiger partial charge < -0.3 is 29.6 Å². The van der Waals surface area contributed by atoms with Crippen LogP contribution in [-0.2, 0) is 20.9 Å². The molecule has 64 heavy (non-hydrogen) atoms. The van der Waals surface area contributed by atoms with Crippen molar-refractivity contribution in [3.05, 3.63) is 101 Å². The van der Waals surface area contributed by atoms with Gasteiger partial charge in [0.05, 0.1) is 24.1 Å². The summed E-state index contributed by atoms with van der Waals surface area (Å²) in [5, 5.41) is 8.66. The van der Waals surface area contributed by atoms with Crippen LogP contribution in [0.1, 0.15) is 80.6 Å². The highest BCUT2D eigenvalue weighted by Crippen LogP contribution is 2.36. The summed E-state index contributed by atoms with van der Waals surface area (Å²) in [5.74, 6) is -1.36. The van der Waals surface area contributed by atoms with Crippen molar-refractivity contribution in [1.29, 1.82) is 0 Å². The molecule has 0 radical (unpaired) electrons. The van der Waals surface area contributed by atoms with Crippen molar-refractivity contribution in [1.82, 2.24) is 49.8 Å². The number of amides is 6. The Morgan fingerprint density at radius 3 is 2.47 bits per heavy atom. The predicted molar refractivity (Wildman–Crippen MR) is 229 cm³/mol. The monoisotopic (exact) mass is 869 g/mol. The molecule has 1 saturated carbocycles. The number of ether oxygens (including phenoxy) is 2. The molecule has 5 aromatic rings. The van der Waals surface area contributed by atoms with E-state index in [1.807, 2.05) is 43.3 Å². The first-order valence-corrected chi connectivity index (χ1v) is 21.4. The number of benzene rings is 2. The van der Waals surface area contributed by atoms with E-state index in [1.165, 1.54) is 18.5 Å². The predicted octanol–water partition coefficient (Wildman–Crippen LogP) is 2.67. The first-order chi connectivity index (χ1) is 31.1. The summed E-state index contributed by atoms with van der Waals surface area (Å²) in [6, 6.07) is 17.0. The minimum atomic E-state index is -1.09. The lowest BCUT2D eigenvalue weighted by Crippen LogP contribution is -2.54. The van der Waals surface area contributed by atoms with Crippen LogP contribution in [0.2, 0.25) is 0 Å². The fraction of sp³-hybridized carbons (Fsp3) is 0.378. The topological polar surface area (TPSA) is 223 Å². The summed E-state index contributed by atoms with van der Waals surface area (Å²) in [6.45, 7) is 5.84. The molecule has 0 spiro atoms. The number of hydrogen-bond acceptors (Lipinski definition) is 14. The SMILES string of the molecule is Cc1cccc(C(=O)NC2CC(n3cnc4c(NCc5ccc(OCCCN6CCN(C(=O)COc7cccc8c7C(=O)N(C7CCC(=O)NC7=O)C8=O)CC6)cc5)ncnc43)C2)n1. The third kappa shape index (κ3) is 8.83. The summed E-state index contributed by atoms with van der Waals surface area (Å²) in [4.78, 5) is 99.1. The molecule has 1 unspecified atom stereocenters. The number of carbonyl (C=O) groups excluding carboxylic acids is 6. The third-order valence-electron chi connectivity index (χ3n) is 12.1. The molecule has 6 amide bonds. The number of nitrogens with zero attached hydrogens (tertiary/aromatic N) is 8.